The number of rotatable bonds is 4. The quantitative estimate of drug-likeness (QED) is 0.893. The summed E-state index contributed by atoms with van der Waals surface area (Å²) >= 11 is 0. The number of Topliss-reactive ketones (excluding diaryl/α,β-unsaturated/α-hetero) is 1. The van der Waals surface area contributed by atoms with Crippen molar-refractivity contribution in [2.75, 3.05) is 0 Å². The minimum Gasteiger partial charge on any atom is -0.361 e. The highest BCUT2D eigenvalue weighted by Gasteiger charge is 2.32. The van der Waals surface area contributed by atoms with Crippen molar-refractivity contribution in [3.63, 3.8) is 0 Å². The number of H-pyrrole nitrogens is 1. The van der Waals surface area contributed by atoms with Crippen LogP contribution in [0.1, 0.15) is 47.1 Å². The Hall–Kier alpha value is -1.61. The molecule has 2 aromatic rings. The Morgan fingerprint density at radius 2 is 1.77 bits per heavy atom. The number of para-hydroxylation sites is 1. The van der Waals surface area contributed by atoms with Crippen molar-refractivity contribution >= 4 is 16.7 Å². The van der Waals surface area contributed by atoms with Crippen molar-refractivity contribution in [1.82, 2.24) is 10.3 Å². The lowest BCUT2D eigenvalue weighted by Crippen LogP contribution is -2.51. The lowest BCUT2D eigenvalue weighted by molar-refractivity contribution is -0.128. The molecule has 2 N–H and O–H groups in total. The zero-order chi connectivity index (χ0) is 16.5. The van der Waals surface area contributed by atoms with Crippen molar-refractivity contribution in [3.8, 4) is 0 Å². The number of hydrogen-bond donors (Lipinski definition) is 2. The third kappa shape index (κ3) is 3.98. The largest absolute Gasteiger partial charge is 0.361 e. The van der Waals surface area contributed by atoms with E-state index in [1.807, 2.05) is 39.1 Å². The first-order valence-corrected chi connectivity index (χ1v) is 7.95. The molecule has 1 atom stereocenters. The molecule has 0 fully saturated rings. The predicted octanol–water partition coefficient (Wildman–Crippen LogP) is 4.08. The van der Waals surface area contributed by atoms with Gasteiger partial charge in [0.05, 0.1) is 6.04 Å². The molecule has 0 spiro atoms. The first-order chi connectivity index (χ1) is 10.1. The first kappa shape index (κ1) is 16.8. The summed E-state index contributed by atoms with van der Waals surface area (Å²) in [7, 11) is 0. The predicted molar refractivity (Wildman–Crippen MR) is 93.1 cm³/mol. The van der Waals surface area contributed by atoms with Crippen LogP contribution in [0.3, 0.4) is 0 Å². The van der Waals surface area contributed by atoms with Crippen LogP contribution in [0.2, 0.25) is 0 Å². The van der Waals surface area contributed by atoms with Gasteiger partial charge in [0.15, 0.2) is 5.78 Å². The third-order valence-electron chi connectivity index (χ3n) is 3.76. The van der Waals surface area contributed by atoms with Crippen LogP contribution < -0.4 is 5.32 Å². The van der Waals surface area contributed by atoms with Gasteiger partial charge in [-0.25, -0.2) is 0 Å². The number of fused-ring (bicyclic) bond motifs is 1. The van der Waals surface area contributed by atoms with Crippen molar-refractivity contribution in [2.24, 2.45) is 5.41 Å². The Morgan fingerprint density at radius 1 is 1.14 bits per heavy atom. The Labute approximate surface area is 133 Å². The number of aromatic nitrogens is 1. The molecule has 0 unspecified atom stereocenters. The van der Waals surface area contributed by atoms with Gasteiger partial charge in [-0.1, -0.05) is 39.0 Å². The van der Waals surface area contributed by atoms with E-state index in [-0.39, 0.29) is 22.8 Å². The van der Waals surface area contributed by atoms with Gasteiger partial charge in [-0.2, -0.15) is 0 Å². The van der Waals surface area contributed by atoms with E-state index < -0.39 is 0 Å². The molecule has 0 aliphatic rings. The lowest BCUT2D eigenvalue weighted by atomic mass is 9.83. The number of aromatic amines is 1. The summed E-state index contributed by atoms with van der Waals surface area (Å²) < 4.78 is 0. The average Bonchev–Trinajstić information content (AvgIpc) is 2.78. The van der Waals surface area contributed by atoms with Crippen molar-refractivity contribution in [3.05, 3.63) is 36.0 Å². The SMILES string of the molecule is CC(C)(C)N[C@H](Cc1c[nH]c2ccccc12)C(=O)C(C)(C)C. The maximum Gasteiger partial charge on any atom is 0.155 e. The number of ketones is 1. The van der Waals surface area contributed by atoms with Gasteiger partial charge in [0.2, 0.25) is 0 Å². The minimum absolute atomic E-state index is 0.0995. The summed E-state index contributed by atoms with van der Waals surface area (Å²) in [6.07, 6.45) is 2.73. The monoisotopic (exact) mass is 300 g/mol. The van der Waals surface area contributed by atoms with Crippen LogP contribution in [-0.2, 0) is 11.2 Å². The number of nitrogens with one attached hydrogen (secondary N) is 2. The van der Waals surface area contributed by atoms with Crippen molar-refractivity contribution in [1.29, 1.82) is 0 Å². The molecule has 2 rings (SSSR count). The molecular formula is C19H28N2O. The van der Waals surface area contributed by atoms with Crippen LogP contribution in [0.15, 0.2) is 30.5 Å². The highest BCUT2D eigenvalue weighted by molar-refractivity contribution is 5.90. The fraction of sp³-hybridized carbons (Fsp3) is 0.526. The molecule has 1 aromatic carbocycles. The maximum absolute atomic E-state index is 12.8. The Kier molecular flexibility index (Phi) is 4.48. The summed E-state index contributed by atoms with van der Waals surface area (Å²) in [5.41, 5.74) is 1.86. The molecule has 0 saturated heterocycles. The molecule has 0 amide bonds. The molecule has 3 heteroatoms. The molecule has 120 valence electrons. The Bertz CT molecular complexity index is 656. The van der Waals surface area contributed by atoms with E-state index in [9.17, 15) is 4.79 Å². The van der Waals surface area contributed by atoms with E-state index in [1.165, 1.54) is 10.9 Å². The smallest absolute Gasteiger partial charge is 0.155 e. The maximum atomic E-state index is 12.8. The molecule has 1 heterocycles. The molecular weight excluding hydrogens is 272 g/mol. The van der Waals surface area contributed by atoms with Crippen LogP contribution >= 0.6 is 0 Å². The molecule has 0 aliphatic carbocycles. The van der Waals surface area contributed by atoms with Gasteiger partial charge in [0.1, 0.15) is 0 Å². The van der Waals surface area contributed by atoms with Gasteiger partial charge in [-0.05, 0) is 38.8 Å². The average molecular weight is 300 g/mol. The van der Waals surface area contributed by atoms with E-state index in [0.717, 1.165) is 5.52 Å². The Balaban J connectivity index is 2.32. The lowest BCUT2D eigenvalue weighted by Gasteiger charge is -2.31. The van der Waals surface area contributed by atoms with Crippen LogP contribution in [-0.4, -0.2) is 22.3 Å². The number of hydrogen-bond acceptors (Lipinski definition) is 2. The van der Waals surface area contributed by atoms with Crippen molar-refractivity contribution in [2.45, 2.75) is 59.5 Å². The van der Waals surface area contributed by atoms with Crippen LogP contribution in [0.25, 0.3) is 10.9 Å². The molecule has 0 bridgehead atoms. The zero-order valence-electron chi connectivity index (χ0n) is 14.6. The number of carbonyl (C=O) groups is 1. The highest BCUT2D eigenvalue weighted by Crippen LogP contribution is 2.24. The summed E-state index contributed by atoms with van der Waals surface area (Å²) in [5.74, 6) is 0.257. The molecule has 0 radical (unpaired) electrons. The second-order valence-electron chi connectivity index (χ2n) is 8.12. The number of carbonyl (C=O) groups excluding carboxylic acids is 1. The summed E-state index contributed by atoms with van der Waals surface area (Å²) in [6.45, 7) is 12.3. The zero-order valence-corrected chi connectivity index (χ0v) is 14.6. The second kappa shape index (κ2) is 5.88. The van der Waals surface area contributed by atoms with E-state index in [0.29, 0.717) is 6.42 Å². The fourth-order valence-corrected chi connectivity index (χ4v) is 2.78. The second-order valence-corrected chi connectivity index (χ2v) is 8.12. The van der Waals surface area contributed by atoms with E-state index in [4.69, 9.17) is 0 Å². The van der Waals surface area contributed by atoms with Crippen LogP contribution in [0, 0.1) is 5.41 Å². The Morgan fingerprint density at radius 3 is 2.36 bits per heavy atom. The van der Waals surface area contributed by atoms with Gasteiger partial charge < -0.3 is 10.3 Å². The van der Waals surface area contributed by atoms with Gasteiger partial charge in [0.25, 0.3) is 0 Å². The fourth-order valence-electron chi connectivity index (χ4n) is 2.78. The van der Waals surface area contributed by atoms with Gasteiger partial charge >= 0.3 is 0 Å². The topological polar surface area (TPSA) is 44.9 Å². The van der Waals surface area contributed by atoms with Gasteiger partial charge in [0, 0.05) is 28.1 Å². The molecule has 0 saturated carbocycles. The normalized spacial score (nSPS) is 14.3. The molecule has 3 nitrogen and oxygen atoms in total. The van der Waals surface area contributed by atoms with E-state index >= 15 is 0 Å². The minimum atomic E-state index is -0.352. The standard InChI is InChI=1S/C19H28N2O/c1-18(2,3)17(22)16(21-19(4,5)6)11-13-12-20-15-10-8-7-9-14(13)15/h7-10,12,16,20-21H,11H2,1-6H3/t16-/m1/s1. The third-order valence-corrected chi connectivity index (χ3v) is 3.76. The molecule has 0 aliphatic heterocycles. The summed E-state index contributed by atoms with van der Waals surface area (Å²) in [6, 6.07) is 8.05. The first-order valence-electron chi connectivity index (χ1n) is 7.95. The van der Waals surface area contributed by atoms with Gasteiger partial charge in [-0.3, -0.25) is 4.79 Å². The van der Waals surface area contributed by atoms with Crippen LogP contribution in [0.5, 0.6) is 0 Å². The van der Waals surface area contributed by atoms with E-state index in [2.05, 4.69) is 43.2 Å². The number of benzene rings is 1. The summed E-state index contributed by atoms with van der Waals surface area (Å²) in [4.78, 5) is 16.1. The molecule has 1 aromatic heterocycles. The highest BCUT2D eigenvalue weighted by atomic mass is 16.1. The van der Waals surface area contributed by atoms with Crippen LogP contribution in [0.4, 0.5) is 0 Å². The summed E-state index contributed by atoms with van der Waals surface area (Å²) in [5, 5.41) is 4.70. The molecule has 22 heavy (non-hydrogen) atoms. The van der Waals surface area contributed by atoms with E-state index in [1.54, 1.807) is 0 Å². The van der Waals surface area contributed by atoms with Crippen molar-refractivity contribution < 1.29 is 4.79 Å². The van der Waals surface area contributed by atoms with Gasteiger partial charge in [-0.15, -0.1) is 0 Å².